The zero-order chi connectivity index (χ0) is 17.6. The van der Waals surface area contributed by atoms with E-state index in [0.29, 0.717) is 24.3 Å². The number of nitrogens with two attached hydrogens (primary N) is 1. The van der Waals surface area contributed by atoms with E-state index in [9.17, 15) is 0 Å². The lowest BCUT2D eigenvalue weighted by molar-refractivity contribution is 0.288. The number of aliphatic imine (C=N–C) groups is 1. The van der Waals surface area contributed by atoms with Gasteiger partial charge >= 0.3 is 0 Å². The van der Waals surface area contributed by atoms with Gasteiger partial charge in [0.25, 0.3) is 0 Å². The van der Waals surface area contributed by atoms with E-state index in [4.69, 9.17) is 10.5 Å². The molecule has 0 bridgehead atoms. The van der Waals surface area contributed by atoms with Gasteiger partial charge in [-0.25, -0.2) is 9.98 Å². The number of ether oxygens (including phenoxy) is 1. The monoisotopic (exact) mass is 338 g/mol. The summed E-state index contributed by atoms with van der Waals surface area (Å²) in [5.74, 6) is 2.28. The third-order valence-corrected chi connectivity index (χ3v) is 4.22. The van der Waals surface area contributed by atoms with E-state index < -0.39 is 0 Å². The van der Waals surface area contributed by atoms with E-state index in [1.165, 1.54) is 18.4 Å². The molecule has 0 spiro atoms. The number of hydrogen-bond acceptors (Lipinski definition) is 3. The molecule has 1 heterocycles. The summed E-state index contributed by atoms with van der Waals surface area (Å²) in [4.78, 5) is 8.70. The van der Waals surface area contributed by atoms with Gasteiger partial charge in [-0.05, 0) is 47.9 Å². The summed E-state index contributed by atoms with van der Waals surface area (Å²) >= 11 is 0. The third kappa shape index (κ3) is 5.48. The number of nitrogens with zero attached hydrogens (tertiary/aromatic N) is 2. The minimum Gasteiger partial charge on any atom is -0.477 e. The smallest absolute Gasteiger partial charge is 0.213 e. The maximum absolute atomic E-state index is 5.99. The van der Waals surface area contributed by atoms with Crippen LogP contribution in [-0.2, 0) is 6.54 Å². The molecular weight excluding hydrogens is 312 g/mol. The summed E-state index contributed by atoms with van der Waals surface area (Å²) < 4.78 is 5.64. The first-order valence-electron chi connectivity index (χ1n) is 8.85. The van der Waals surface area contributed by atoms with Gasteiger partial charge in [-0.15, -0.1) is 0 Å². The Hall–Kier alpha value is -2.56. The van der Waals surface area contributed by atoms with Crippen LogP contribution in [-0.4, -0.2) is 17.6 Å². The number of rotatable bonds is 7. The zero-order valence-electron chi connectivity index (χ0n) is 14.9. The number of hydrogen-bond donors (Lipinski definition) is 2. The quantitative estimate of drug-likeness (QED) is 0.593. The summed E-state index contributed by atoms with van der Waals surface area (Å²) in [6.07, 6.45) is 4.34. The van der Waals surface area contributed by atoms with Crippen molar-refractivity contribution in [2.24, 2.45) is 16.6 Å². The van der Waals surface area contributed by atoms with Crippen molar-refractivity contribution in [3.8, 4) is 5.88 Å². The predicted octanol–water partition coefficient (Wildman–Crippen LogP) is 3.92. The fourth-order valence-corrected chi connectivity index (χ4v) is 2.42. The van der Waals surface area contributed by atoms with Gasteiger partial charge < -0.3 is 15.8 Å². The molecular formula is C20H26N4O. The van der Waals surface area contributed by atoms with Crippen LogP contribution in [0.2, 0.25) is 0 Å². The molecule has 1 aromatic heterocycles. The van der Waals surface area contributed by atoms with E-state index in [1.807, 2.05) is 24.3 Å². The lowest BCUT2D eigenvalue weighted by Gasteiger charge is -2.10. The van der Waals surface area contributed by atoms with Crippen molar-refractivity contribution in [3.05, 3.63) is 53.7 Å². The molecule has 3 rings (SSSR count). The SMILES string of the molecule is CC(C)c1cccc(NC(N)=NCc2ccc(OCC3CC3)nc2)c1. The standard InChI is InChI=1S/C20H26N4O/c1-14(2)17-4-3-5-18(10-17)24-20(21)23-12-16-8-9-19(22-11-16)25-13-15-6-7-15/h3-5,8-11,14-15H,6-7,12-13H2,1-2H3,(H3,21,23,24). The zero-order valence-corrected chi connectivity index (χ0v) is 14.9. The molecule has 2 aromatic rings. The van der Waals surface area contributed by atoms with Gasteiger partial charge in [0.15, 0.2) is 5.96 Å². The molecule has 0 atom stereocenters. The minimum absolute atomic E-state index is 0.398. The summed E-state index contributed by atoms with van der Waals surface area (Å²) in [5, 5.41) is 3.14. The van der Waals surface area contributed by atoms with Crippen molar-refractivity contribution in [2.45, 2.75) is 39.2 Å². The number of nitrogens with one attached hydrogen (secondary N) is 1. The van der Waals surface area contributed by atoms with Crippen LogP contribution in [0.4, 0.5) is 5.69 Å². The summed E-state index contributed by atoms with van der Waals surface area (Å²) in [6, 6.07) is 12.1. The van der Waals surface area contributed by atoms with E-state index >= 15 is 0 Å². The molecule has 0 unspecified atom stereocenters. The van der Waals surface area contributed by atoms with Crippen molar-refractivity contribution in [1.29, 1.82) is 0 Å². The summed E-state index contributed by atoms with van der Waals surface area (Å²) in [7, 11) is 0. The van der Waals surface area contributed by atoms with Crippen LogP contribution >= 0.6 is 0 Å². The Morgan fingerprint density at radius 3 is 2.84 bits per heavy atom. The molecule has 3 N–H and O–H groups in total. The van der Waals surface area contributed by atoms with Crippen molar-refractivity contribution in [3.63, 3.8) is 0 Å². The lowest BCUT2D eigenvalue weighted by atomic mass is 10.0. The molecule has 0 radical (unpaired) electrons. The van der Waals surface area contributed by atoms with Gasteiger partial charge in [-0.3, -0.25) is 0 Å². The first-order chi connectivity index (χ1) is 12.1. The van der Waals surface area contributed by atoms with Gasteiger partial charge in [-0.1, -0.05) is 32.0 Å². The van der Waals surface area contributed by atoms with Crippen LogP contribution < -0.4 is 15.8 Å². The Balaban J connectivity index is 1.52. The van der Waals surface area contributed by atoms with Gasteiger partial charge in [0.05, 0.1) is 13.2 Å². The topological polar surface area (TPSA) is 72.5 Å². The molecule has 1 aromatic carbocycles. The van der Waals surface area contributed by atoms with Crippen LogP contribution in [0.15, 0.2) is 47.6 Å². The van der Waals surface area contributed by atoms with Crippen LogP contribution in [0.3, 0.4) is 0 Å². The largest absolute Gasteiger partial charge is 0.477 e. The fraction of sp³-hybridized carbons (Fsp3) is 0.400. The summed E-state index contributed by atoms with van der Waals surface area (Å²) in [5.41, 5.74) is 9.21. The van der Waals surface area contributed by atoms with E-state index in [1.54, 1.807) is 6.20 Å². The molecule has 5 nitrogen and oxygen atoms in total. The van der Waals surface area contributed by atoms with Crippen LogP contribution in [0.5, 0.6) is 5.88 Å². The van der Waals surface area contributed by atoms with Crippen LogP contribution in [0, 0.1) is 5.92 Å². The normalized spacial score (nSPS) is 14.6. The number of pyridine rings is 1. The molecule has 25 heavy (non-hydrogen) atoms. The fourth-order valence-electron chi connectivity index (χ4n) is 2.42. The second-order valence-electron chi connectivity index (χ2n) is 6.87. The minimum atomic E-state index is 0.398. The average molecular weight is 338 g/mol. The number of guanidine groups is 1. The number of aromatic nitrogens is 1. The van der Waals surface area contributed by atoms with E-state index in [0.717, 1.165) is 23.8 Å². The molecule has 0 aliphatic heterocycles. The highest BCUT2D eigenvalue weighted by atomic mass is 16.5. The Labute approximate surface area is 149 Å². The van der Waals surface area contributed by atoms with Crippen molar-refractivity contribution < 1.29 is 4.74 Å². The molecule has 1 fully saturated rings. The highest BCUT2D eigenvalue weighted by Gasteiger charge is 2.21. The van der Waals surface area contributed by atoms with Crippen LogP contribution in [0.25, 0.3) is 0 Å². The number of benzene rings is 1. The second-order valence-corrected chi connectivity index (χ2v) is 6.87. The Morgan fingerprint density at radius 1 is 1.32 bits per heavy atom. The highest BCUT2D eigenvalue weighted by Crippen LogP contribution is 2.29. The molecule has 0 saturated heterocycles. The third-order valence-electron chi connectivity index (χ3n) is 4.22. The van der Waals surface area contributed by atoms with Crippen molar-refractivity contribution >= 4 is 11.6 Å². The molecule has 1 saturated carbocycles. The van der Waals surface area contributed by atoms with Gasteiger partial charge in [0, 0.05) is 18.0 Å². The predicted molar refractivity (Wildman–Crippen MR) is 102 cm³/mol. The Morgan fingerprint density at radius 2 is 2.16 bits per heavy atom. The molecule has 1 aliphatic rings. The van der Waals surface area contributed by atoms with Gasteiger partial charge in [0.2, 0.25) is 5.88 Å². The van der Waals surface area contributed by atoms with Gasteiger partial charge in [-0.2, -0.15) is 0 Å². The molecule has 132 valence electrons. The van der Waals surface area contributed by atoms with Crippen molar-refractivity contribution in [1.82, 2.24) is 4.98 Å². The van der Waals surface area contributed by atoms with E-state index in [-0.39, 0.29) is 0 Å². The maximum Gasteiger partial charge on any atom is 0.213 e. The average Bonchev–Trinajstić information content (AvgIpc) is 3.44. The maximum atomic E-state index is 5.99. The molecule has 0 amide bonds. The van der Waals surface area contributed by atoms with E-state index in [2.05, 4.69) is 41.3 Å². The first kappa shape index (κ1) is 17.3. The Kier molecular flexibility index (Phi) is 5.53. The van der Waals surface area contributed by atoms with Crippen molar-refractivity contribution in [2.75, 3.05) is 11.9 Å². The Bertz CT molecular complexity index is 721. The summed E-state index contributed by atoms with van der Waals surface area (Å²) in [6.45, 7) is 5.60. The lowest BCUT2D eigenvalue weighted by Crippen LogP contribution is -2.22. The first-order valence-corrected chi connectivity index (χ1v) is 8.85. The van der Waals surface area contributed by atoms with Gasteiger partial charge in [0.1, 0.15) is 0 Å². The molecule has 1 aliphatic carbocycles. The second kappa shape index (κ2) is 8.01. The number of anilines is 1. The highest BCUT2D eigenvalue weighted by molar-refractivity contribution is 5.92. The van der Waals surface area contributed by atoms with Crippen LogP contribution in [0.1, 0.15) is 43.7 Å². The molecule has 5 heteroatoms.